The van der Waals surface area contributed by atoms with E-state index in [1.165, 1.54) is 7.11 Å². The number of hydrazone groups is 1. The summed E-state index contributed by atoms with van der Waals surface area (Å²) in [4.78, 5) is 12.2. The molecule has 0 atom stereocenters. The van der Waals surface area contributed by atoms with Crippen LogP contribution >= 0.6 is 0 Å². The number of benzene rings is 2. The van der Waals surface area contributed by atoms with Crippen LogP contribution < -0.4 is 14.9 Å². The minimum absolute atomic E-state index is 0.307. The predicted molar refractivity (Wildman–Crippen MR) is 90.4 cm³/mol. The third kappa shape index (κ3) is 4.10. The highest BCUT2D eigenvalue weighted by atomic mass is 16.5. The molecule has 0 aliphatic carbocycles. The van der Waals surface area contributed by atoms with E-state index in [9.17, 15) is 4.79 Å². The number of nitrogens with one attached hydrogen (secondary N) is 1. The number of nitrogens with zero attached hydrogens (tertiary/aromatic N) is 1. The zero-order valence-electron chi connectivity index (χ0n) is 13.7. The third-order valence-corrected chi connectivity index (χ3v) is 3.41. The van der Waals surface area contributed by atoms with Crippen LogP contribution in [0.25, 0.3) is 0 Å². The topological polar surface area (TPSA) is 59.9 Å². The first-order chi connectivity index (χ1) is 11.0. The fourth-order valence-electron chi connectivity index (χ4n) is 2.11. The zero-order valence-corrected chi connectivity index (χ0v) is 13.7. The van der Waals surface area contributed by atoms with Crippen molar-refractivity contribution in [2.45, 2.75) is 13.8 Å². The van der Waals surface area contributed by atoms with Crippen molar-refractivity contribution in [1.82, 2.24) is 5.43 Å². The number of carbonyl (C=O) groups excluding carboxylic acids is 1. The predicted octanol–water partition coefficient (Wildman–Crippen LogP) is 3.17. The van der Waals surface area contributed by atoms with Crippen molar-refractivity contribution < 1.29 is 14.3 Å². The summed E-state index contributed by atoms with van der Waals surface area (Å²) in [5.74, 6) is 0.765. The molecule has 1 amide bonds. The van der Waals surface area contributed by atoms with Gasteiger partial charge in [-0.3, -0.25) is 4.79 Å². The van der Waals surface area contributed by atoms with Gasteiger partial charge in [0.2, 0.25) is 0 Å². The second-order valence-electron chi connectivity index (χ2n) is 5.08. The van der Waals surface area contributed by atoms with Gasteiger partial charge in [0, 0.05) is 5.56 Å². The monoisotopic (exact) mass is 312 g/mol. The van der Waals surface area contributed by atoms with Crippen LogP contribution in [0.2, 0.25) is 0 Å². The van der Waals surface area contributed by atoms with E-state index >= 15 is 0 Å². The lowest BCUT2D eigenvalue weighted by Gasteiger charge is -2.09. The molecular formula is C18H20N2O3. The van der Waals surface area contributed by atoms with Gasteiger partial charge in [0.25, 0.3) is 5.91 Å². The molecule has 2 rings (SSSR count). The summed E-state index contributed by atoms with van der Waals surface area (Å²) in [5.41, 5.74) is 5.86. The van der Waals surface area contributed by atoms with E-state index in [0.29, 0.717) is 17.1 Å². The molecule has 0 spiro atoms. The Morgan fingerprint density at radius 2 is 1.74 bits per heavy atom. The molecule has 0 unspecified atom stereocenters. The standard InChI is InChI=1S/C18H20N2O3/c1-12-6-5-7-14(10-12)13(2)19-20-18(21)15-8-9-16(22-3)17(11-15)23-4/h5-11H,1-4H3,(H,20,21). The number of carbonyl (C=O) groups is 1. The van der Waals surface area contributed by atoms with E-state index in [2.05, 4.69) is 10.5 Å². The minimum Gasteiger partial charge on any atom is -0.493 e. The van der Waals surface area contributed by atoms with Crippen molar-refractivity contribution in [2.75, 3.05) is 14.2 Å². The molecule has 2 aromatic carbocycles. The van der Waals surface area contributed by atoms with Crippen molar-refractivity contribution in [3.8, 4) is 11.5 Å². The molecule has 0 aromatic heterocycles. The Balaban J connectivity index is 2.14. The zero-order chi connectivity index (χ0) is 16.8. The van der Waals surface area contributed by atoms with Gasteiger partial charge in [-0.25, -0.2) is 5.43 Å². The lowest BCUT2D eigenvalue weighted by atomic mass is 10.1. The van der Waals surface area contributed by atoms with Crippen molar-refractivity contribution in [1.29, 1.82) is 0 Å². The average molecular weight is 312 g/mol. The van der Waals surface area contributed by atoms with Crippen LogP contribution in [0.3, 0.4) is 0 Å². The van der Waals surface area contributed by atoms with Crippen LogP contribution in [0.1, 0.15) is 28.4 Å². The number of aryl methyl sites for hydroxylation is 1. The van der Waals surface area contributed by atoms with E-state index in [-0.39, 0.29) is 5.91 Å². The molecule has 0 aliphatic heterocycles. The van der Waals surface area contributed by atoms with Crippen LogP contribution in [0.4, 0.5) is 0 Å². The summed E-state index contributed by atoms with van der Waals surface area (Å²) in [6.07, 6.45) is 0. The molecule has 1 N–H and O–H groups in total. The first-order valence-electron chi connectivity index (χ1n) is 7.19. The Kier molecular flexibility index (Phi) is 5.36. The number of ether oxygens (including phenoxy) is 2. The van der Waals surface area contributed by atoms with Gasteiger partial charge < -0.3 is 9.47 Å². The molecule has 5 heteroatoms. The average Bonchev–Trinajstić information content (AvgIpc) is 2.58. The summed E-state index contributed by atoms with van der Waals surface area (Å²) in [7, 11) is 3.08. The summed E-state index contributed by atoms with van der Waals surface area (Å²) in [6, 6.07) is 12.9. The van der Waals surface area contributed by atoms with E-state index in [1.54, 1.807) is 25.3 Å². The number of hydrogen-bond acceptors (Lipinski definition) is 4. The summed E-state index contributed by atoms with van der Waals surface area (Å²) < 4.78 is 10.3. The fraction of sp³-hybridized carbons (Fsp3) is 0.222. The van der Waals surface area contributed by atoms with E-state index in [0.717, 1.165) is 16.8 Å². The first kappa shape index (κ1) is 16.5. The van der Waals surface area contributed by atoms with Gasteiger partial charge in [-0.15, -0.1) is 0 Å². The second kappa shape index (κ2) is 7.45. The lowest BCUT2D eigenvalue weighted by molar-refractivity contribution is 0.0954. The molecule has 23 heavy (non-hydrogen) atoms. The van der Waals surface area contributed by atoms with Crippen LogP contribution in [0, 0.1) is 6.92 Å². The quantitative estimate of drug-likeness (QED) is 0.681. The highest BCUT2D eigenvalue weighted by Crippen LogP contribution is 2.27. The summed E-state index contributed by atoms with van der Waals surface area (Å²) in [5, 5.41) is 4.15. The molecule has 0 saturated carbocycles. The summed E-state index contributed by atoms with van der Waals surface area (Å²) in [6.45, 7) is 3.86. The van der Waals surface area contributed by atoms with Crippen molar-refractivity contribution in [3.63, 3.8) is 0 Å². The van der Waals surface area contributed by atoms with Gasteiger partial charge in [-0.05, 0) is 37.6 Å². The molecule has 0 heterocycles. The van der Waals surface area contributed by atoms with Crippen molar-refractivity contribution in [3.05, 3.63) is 59.2 Å². The highest BCUT2D eigenvalue weighted by Gasteiger charge is 2.10. The molecule has 0 aliphatic rings. The van der Waals surface area contributed by atoms with Crippen molar-refractivity contribution >= 4 is 11.6 Å². The van der Waals surface area contributed by atoms with Gasteiger partial charge >= 0.3 is 0 Å². The summed E-state index contributed by atoms with van der Waals surface area (Å²) >= 11 is 0. The Hall–Kier alpha value is -2.82. The number of methoxy groups -OCH3 is 2. The fourth-order valence-corrected chi connectivity index (χ4v) is 2.11. The molecule has 5 nitrogen and oxygen atoms in total. The van der Waals surface area contributed by atoms with Crippen molar-refractivity contribution in [2.24, 2.45) is 5.10 Å². The Morgan fingerprint density at radius 3 is 2.39 bits per heavy atom. The Bertz CT molecular complexity index is 739. The molecule has 0 saturated heterocycles. The lowest BCUT2D eigenvalue weighted by Crippen LogP contribution is -2.19. The van der Waals surface area contributed by atoms with Gasteiger partial charge in [-0.1, -0.05) is 29.8 Å². The van der Waals surface area contributed by atoms with Gasteiger partial charge in [0.15, 0.2) is 11.5 Å². The van der Waals surface area contributed by atoms with Crippen LogP contribution in [-0.2, 0) is 0 Å². The van der Waals surface area contributed by atoms with E-state index in [4.69, 9.17) is 9.47 Å². The number of rotatable bonds is 5. The second-order valence-corrected chi connectivity index (χ2v) is 5.08. The number of hydrogen-bond donors (Lipinski definition) is 1. The Labute approximate surface area is 135 Å². The molecule has 120 valence electrons. The molecule has 2 aromatic rings. The van der Waals surface area contributed by atoms with E-state index < -0.39 is 0 Å². The smallest absolute Gasteiger partial charge is 0.271 e. The molecule has 0 bridgehead atoms. The SMILES string of the molecule is COc1ccc(C(=O)NN=C(C)c2cccc(C)c2)cc1OC. The van der Waals surface area contributed by atoms with Crippen LogP contribution in [-0.4, -0.2) is 25.8 Å². The number of amides is 1. The Morgan fingerprint density at radius 1 is 1.00 bits per heavy atom. The van der Waals surface area contributed by atoms with Gasteiger partial charge in [0.1, 0.15) is 0 Å². The maximum absolute atomic E-state index is 12.2. The minimum atomic E-state index is -0.307. The maximum Gasteiger partial charge on any atom is 0.271 e. The molecule has 0 radical (unpaired) electrons. The molecule has 0 fully saturated rings. The molecular weight excluding hydrogens is 292 g/mol. The highest BCUT2D eigenvalue weighted by molar-refractivity contribution is 6.01. The third-order valence-electron chi connectivity index (χ3n) is 3.41. The first-order valence-corrected chi connectivity index (χ1v) is 7.19. The van der Waals surface area contributed by atoms with Gasteiger partial charge in [0.05, 0.1) is 19.9 Å². The largest absolute Gasteiger partial charge is 0.493 e. The normalized spacial score (nSPS) is 11.0. The van der Waals surface area contributed by atoms with Gasteiger partial charge in [-0.2, -0.15) is 5.10 Å². The van der Waals surface area contributed by atoms with Crippen LogP contribution in [0.5, 0.6) is 11.5 Å². The van der Waals surface area contributed by atoms with Crippen LogP contribution in [0.15, 0.2) is 47.6 Å². The van der Waals surface area contributed by atoms with E-state index in [1.807, 2.05) is 38.1 Å². The maximum atomic E-state index is 12.2.